The normalized spacial score (nSPS) is 13.3. The third-order valence-electron chi connectivity index (χ3n) is 3.27. The van der Waals surface area contributed by atoms with E-state index in [0.29, 0.717) is 6.42 Å². The fraction of sp³-hybridized carbons (Fsp3) is 0.500. The number of carbonyl (C=O) groups is 1. The van der Waals surface area contributed by atoms with Crippen LogP contribution in [0.4, 0.5) is 5.69 Å². The Morgan fingerprint density at radius 2 is 2.14 bits per heavy atom. The van der Waals surface area contributed by atoms with Crippen molar-refractivity contribution in [3.8, 4) is 5.75 Å². The summed E-state index contributed by atoms with van der Waals surface area (Å²) in [5.74, 6) is -0.482. The number of carbonyl (C=O) groups excluding carboxylic acids is 1. The molecule has 2 N–H and O–H groups in total. The number of aliphatic hydroxyl groups excluding tert-OH is 1. The molecule has 21 heavy (non-hydrogen) atoms. The molecule has 0 fully saturated rings. The smallest absolute Gasteiger partial charge is 0.285 e. The summed E-state index contributed by atoms with van der Waals surface area (Å²) >= 11 is 0. The van der Waals surface area contributed by atoms with Gasteiger partial charge in [-0.1, -0.05) is 13.0 Å². The average molecular weight is 296 g/mol. The molecule has 0 aliphatic rings. The van der Waals surface area contributed by atoms with Gasteiger partial charge in [0.2, 0.25) is 0 Å². The SMILES string of the molecule is CCOc1cccc([N+](=O)[O-])c1C(=O)NC(C)(CC)CO. The lowest BCUT2D eigenvalue weighted by molar-refractivity contribution is -0.385. The number of nitrogens with zero attached hydrogens (tertiary/aromatic N) is 1. The van der Waals surface area contributed by atoms with Gasteiger partial charge in [-0.25, -0.2) is 0 Å². The molecule has 0 spiro atoms. The number of aliphatic hydroxyl groups is 1. The second kappa shape index (κ2) is 7.03. The van der Waals surface area contributed by atoms with E-state index in [9.17, 15) is 20.0 Å². The number of ether oxygens (including phenoxy) is 1. The number of hydrogen-bond acceptors (Lipinski definition) is 5. The fourth-order valence-corrected chi connectivity index (χ4v) is 1.75. The molecule has 7 nitrogen and oxygen atoms in total. The summed E-state index contributed by atoms with van der Waals surface area (Å²) in [6.45, 7) is 5.22. The molecule has 0 radical (unpaired) electrons. The van der Waals surface area contributed by atoms with E-state index in [-0.39, 0.29) is 30.2 Å². The topological polar surface area (TPSA) is 102 Å². The van der Waals surface area contributed by atoms with Crippen molar-refractivity contribution in [3.63, 3.8) is 0 Å². The van der Waals surface area contributed by atoms with Gasteiger partial charge in [0.15, 0.2) is 5.56 Å². The highest BCUT2D eigenvalue weighted by atomic mass is 16.6. The molecular formula is C14H20N2O5. The molecule has 0 aromatic heterocycles. The lowest BCUT2D eigenvalue weighted by Gasteiger charge is -2.27. The van der Waals surface area contributed by atoms with Crippen LogP contribution >= 0.6 is 0 Å². The molecular weight excluding hydrogens is 276 g/mol. The van der Waals surface area contributed by atoms with Crippen molar-refractivity contribution in [1.82, 2.24) is 5.32 Å². The summed E-state index contributed by atoms with van der Waals surface area (Å²) < 4.78 is 5.30. The second-order valence-electron chi connectivity index (χ2n) is 4.87. The Morgan fingerprint density at radius 3 is 2.62 bits per heavy atom. The quantitative estimate of drug-likeness (QED) is 0.591. The second-order valence-corrected chi connectivity index (χ2v) is 4.87. The predicted molar refractivity (Wildman–Crippen MR) is 77.5 cm³/mol. The summed E-state index contributed by atoms with van der Waals surface area (Å²) in [7, 11) is 0. The van der Waals surface area contributed by atoms with Gasteiger partial charge in [-0.15, -0.1) is 0 Å². The number of hydrogen-bond donors (Lipinski definition) is 2. The summed E-state index contributed by atoms with van der Waals surface area (Å²) in [4.78, 5) is 22.9. The number of benzene rings is 1. The molecule has 1 rings (SSSR count). The van der Waals surface area contributed by atoms with Gasteiger partial charge in [-0.2, -0.15) is 0 Å². The van der Waals surface area contributed by atoms with Crippen LogP contribution in [-0.2, 0) is 0 Å². The van der Waals surface area contributed by atoms with Crippen molar-refractivity contribution >= 4 is 11.6 Å². The molecule has 7 heteroatoms. The van der Waals surface area contributed by atoms with E-state index in [4.69, 9.17) is 4.74 Å². The first-order valence-electron chi connectivity index (χ1n) is 6.72. The Hall–Kier alpha value is -2.15. The van der Waals surface area contributed by atoms with Crippen LogP contribution in [0, 0.1) is 10.1 Å². The number of nitrogens with one attached hydrogen (secondary N) is 1. The van der Waals surface area contributed by atoms with Crippen LogP contribution in [0.2, 0.25) is 0 Å². The van der Waals surface area contributed by atoms with Crippen molar-refractivity contribution in [1.29, 1.82) is 0 Å². The molecule has 0 saturated heterocycles. The molecule has 1 atom stereocenters. The highest BCUT2D eigenvalue weighted by molar-refractivity contribution is 6.01. The van der Waals surface area contributed by atoms with E-state index >= 15 is 0 Å². The van der Waals surface area contributed by atoms with Gasteiger partial charge < -0.3 is 15.2 Å². The number of nitro benzene ring substituents is 1. The lowest BCUT2D eigenvalue weighted by Crippen LogP contribution is -2.48. The van der Waals surface area contributed by atoms with E-state index in [0.717, 1.165) is 0 Å². The zero-order valence-corrected chi connectivity index (χ0v) is 12.4. The molecule has 1 aromatic carbocycles. The minimum absolute atomic E-state index is 0.127. The van der Waals surface area contributed by atoms with Gasteiger partial charge in [-0.05, 0) is 26.3 Å². The van der Waals surface area contributed by atoms with Crippen molar-refractivity contribution in [2.75, 3.05) is 13.2 Å². The largest absolute Gasteiger partial charge is 0.493 e. The number of rotatable bonds is 7. The fourth-order valence-electron chi connectivity index (χ4n) is 1.75. The zero-order valence-electron chi connectivity index (χ0n) is 12.4. The summed E-state index contributed by atoms with van der Waals surface area (Å²) in [5, 5.41) is 23.1. The molecule has 1 aromatic rings. The van der Waals surface area contributed by atoms with Gasteiger partial charge in [0, 0.05) is 6.07 Å². The maximum atomic E-state index is 12.4. The minimum Gasteiger partial charge on any atom is -0.493 e. The van der Waals surface area contributed by atoms with E-state index in [1.54, 1.807) is 20.8 Å². The molecule has 0 heterocycles. The van der Waals surface area contributed by atoms with Gasteiger partial charge in [0.25, 0.3) is 11.6 Å². The van der Waals surface area contributed by atoms with Crippen molar-refractivity contribution in [2.45, 2.75) is 32.7 Å². The van der Waals surface area contributed by atoms with Crippen molar-refractivity contribution < 1.29 is 19.6 Å². The Balaban J connectivity index is 3.26. The summed E-state index contributed by atoms with van der Waals surface area (Å²) in [6, 6.07) is 4.22. The standard InChI is InChI=1S/C14H20N2O5/c1-4-14(3,9-17)15-13(18)12-10(16(19)20)7-6-8-11(12)21-5-2/h6-8,17H,4-5,9H2,1-3H3,(H,15,18). The third-order valence-corrected chi connectivity index (χ3v) is 3.27. The van der Waals surface area contributed by atoms with Crippen LogP contribution in [-0.4, -0.2) is 34.7 Å². The van der Waals surface area contributed by atoms with E-state index < -0.39 is 16.4 Å². The average Bonchev–Trinajstić information content (AvgIpc) is 2.47. The molecule has 0 saturated carbocycles. The van der Waals surface area contributed by atoms with Gasteiger partial charge in [0.1, 0.15) is 5.75 Å². The number of amides is 1. The zero-order chi connectivity index (χ0) is 16.0. The summed E-state index contributed by atoms with van der Waals surface area (Å²) in [6.07, 6.45) is 0.486. The van der Waals surface area contributed by atoms with Gasteiger partial charge >= 0.3 is 0 Å². The Labute approximate surface area is 123 Å². The van der Waals surface area contributed by atoms with Crippen LogP contribution in [0.25, 0.3) is 0 Å². The lowest BCUT2D eigenvalue weighted by atomic mass is 9.99. The first-order chi connectivity index (χ1) is 9.88. The van der Waals surface area contributed by atoms with Crippen LogP contribution in [0.3, 0.4) is 0 Å². The summed E-state index contributed by atoms with van der Waals surface area (Å²) in [5.41, 5.74) is -1.29. The maximum Gasteiger partial charge on any atom is 0.285 e. The highest BCUT2D eigenvalue weighted by Gasteiger charge is 2.30. The van der Waals surface area contributed by atoms with Crippen molar-refractivity contribution in [2.24, 2.45) is 0 Å². The van der Waals surface area contributed by atoms with Crippen LogP contribution < -0.4 is 10.1 Å². The van der Waals surface area contributed by atoms with Crippen LogP contribution in [0.1, 0.15) is 37.6 Å². The van der Waals surface area contributed by atoms with E-state index in [1.807, 2.05) is 0 Å². The van der Waals surface area contributed by atoms with Crippen LogP contribution in [0.15, 0.2) is 18.2 Å². The predicted octanol–water partition coefficient (Wildman–Crippen LogP) is 1.88. The van der Waals surface area contributed by atoms with E-state index in [1.165, 1.54) is 18.2 Å². The monoisotopic (exact) mass is 296 g/mol. The third kappa shape index (κ3) is 3.91. The van der Waals surface area contributed by atoms with Crippen LogP contribution in [0.5, 0.6) is 5.75 Å². The molecule has 1 unspecified atom stereocenters. The molecule has 0 aliphatic carbocycles. The minimum atomic E-state index is -0.843. The molecule has 0 aliphatic heterocycles. The Kier molecular flexibility index (Phi) is 5.66. The van der Waals surface area contributed by atoms with Gasteiger partial charge in [-0.3, -0.25) is 14.9 Å². The van der Waals surface area contributed by atoms with Crippen molar-refractivity contribution in [3.05, 3.63) is 33.9 Å². The maximum absolute atomic E-state index is 12.4. The first-order valence-corrected chi connectivity index (χ1v) is 6.72. The van der Waals surface area contributed by atoms with Gasteiger partial charge in [0.05, 0.1) is 23.7 Å². The highest BCUT2D eigenvalue weighted by Crippen LogP contribution is 2.29. The molecule has 116 valence electrons. The molecule has 0 bridgehead atoms. The Morgan fingerprint density at radius 1 is 1.48 bits per heavy atom. The molecule has 1 amide bonds. The number of nitro groups is 1. The first kappa shape index (κ1) is 16.9. The Bertz CT molecular complexity index is 526. The van der Waals surface area contributed by atoms with E-state index in [2.05, 4.69) is 5.32 Å².